The minimum atomic E-state index is -0.572. The zero-order valence-electron chi connectivity index (χ0n) is 11.0. The number of aromatic nitrogens is 2. The topological polar surface area (TPSA) is 59.2 Å². The fourth-order valence-corrected chi connectivity index (χ4v) is 2.00. The van der Waals surface area contributed by atoms with E-state index >= 15 is 0 Å². The summed E-state index contributed by atoms with van der Waals surface area (Å²) < 4.78 is 31.4. The van der Waals surface area contributed by atoms with Gasteiger partial charge in [-0.05, 0) is 42.8 Å². The van der Waals surface area contributed by atoms with Crippen molar-refractivity contribution in [2.75, 3.05) is 0 Å². The van der Waals surface area contributed by atoms with Crippen molar-refractivity contribution in [2.45, 2.75) is 6.92 Å². The smallest absolute Gasteiger partial charge is 0.262 e. The molecule has 3 aromatic rings. The van der Waals surface area contributed by atoms with E-state index in [1.807, 2.05) is 0 Å². The Morgan fingerprint density at radius 2 is 1.86 bits per heavy atom. The standard InChI is InChI=1S/C15H10F2N2O2/c1-8-4-9(6-11(17)5-8)14-18-15(21-19-14)12-3-2-10(16)7-13(12)20/h2-7,20H,1H3. The highest BCUT2D eigenvalue weighted by Gasteiger charge is 2.15. The second-order valence-corrected chi connectivity index (χ2v) is 4.60. The molecule has 0 radical (unpaired) electrons. The van der Waals surface area contributed by atoms with Crippen LogP contribution in [0.15, 0.2) is 40.9 Å². The first kappa shape index (κ1) is 13.2. The summed E-state index contributed by atoms with van der Waals surface area (Å²) in [6.45, 7) is 1.75. The Bertz CT molecular complexity index is 795. The molecular weight excluding hydrogens is 278 g/mol. The predicted octanol–water partition coefficient (Wildman–Crippen LogP) is 3.70. The fraction of sp³-hybridized carbons (Fsp3) is 0.0667. The number of halogens is 2. The quantitative estimate of drug-likeness (QED) is 0.781. The van der Waals surface area contributed by atoms with E-state index in [0.29, 0.717) is 5.56 Å². The second-order valence-electron chi connectivity index (χ2n) is 4.60. The molecule has 1 aromatic heterocycles. The van der Waals surface area contributed by atoms with Crippen LogP contribution in [0.2, 0.25) is 0 Å². The van der Waals surface area contributed by atoms with Gasteiger partial charge in [-0.1, -0.05) is 5.16 Å². The summed E-state index contributed by atoms with van der Waals surface area (Å²) in [5.74, 6) is -1.06. The summed E-state index contributed by atoms with van der Waals surface area (Å²) in [6.07, 6.45) is 0. The van der Waals surface area contributed by atoms with Crippen LogP contribution in [0.25, 0.3) is 22.8 Å². The number of hydrogen-bond acceptors (Lipinski definition) is 4. The molecule has 4 nitrogen and oxygen atoms in total. The van der Waals surface area contributed by atoms with Crippen molar-refractivity contribution >= 4 is 0 Å². The highest BCUT2D eigenvalue weighted by molar-refractivity contribution is 5.65. The van der Waals surface area contributed by atoms with E-state index in [4.69, 9.17) is 4.52 Å². The summed E-state index contributed by atoms with van der Waals surface area (Å²) in [6, 6.07) is 7.83. The molecule has 6 heteroatoms. The third-order valence-electron chi connectivity index (χ3n) is 2.92. The zero-order chi connectivity index (χ0) is 15.0. The Labute approximate surface area is 118 Å². The summed E-state index contributed by atoms with van der Waals surface area (Å²) in [7, 11) is 0. The lowest BCUT2D eigenvalue weighted by atomic mass is 10.1. The van der Waals surface area contributed by atoms with Gasteiger partial charge in [-0.2, -0.15) is 4.98 Å². The first-order valence-corrected chi connectivity index (χ1v) is 6.13. The van der Waals surface area contributed by atoms with Gasteiger partial charge in [0.1, 0.15) is 17.4 Å². The molecule has 106 valence electrons. The first-order valence-electron chi connectivity index (χ1n) is 6.13. The second kappa shape index (κ2) is 4.97. The van der Waals surface area contributed by atoms with E-state index in [0.717, 1.165) is 11.6 Å². The van der Waals surface area contributed by atoms with Crippen molar-refractivity contribution < 1.29 is 18.4 Å². The van der Waals surface area contributed by atoms with Gasteiger partial charge in [0.2, 0.25) is 5.82 Å². The number of aromatic hydroxyl groups is 1. The van der Waals surface area contributed by atoms with Crippen LogP contribution in [0.1, 0.15) is 5.56 Å². The average molecular weight is 288 g/mol. The molecule has 21 heavy (non-hydrogen) atoms. The van der Waals surface area contributed by atoms with Gasteiger partial charge in [0.15, 0.2) is 0 Å². The van der Waals surface area contributed by atoms with Crippen molar-refractivity contribution in [1.29, 1.82) is 0 Å². The Kier molecular flexibility index (Phi) is 3.13. The number of phenolic OH excluding ortho intramolecular Hbond substituents is 1. The van der Waals surface area contributed by atoms with Gasteiger partial charge in [-0.25, -0.2) is 8.78 Å². The van der Waals surface area contributed by atoms with Crippen molar-refractivity contribution in [1.82, 2.24) is 10.1 Å². The van der Waals surface area contributed by atoms with Crippen molar-refractivity contribution in [3.05, 3.63) is 53.6 Å². The number of aryl methyl sites for hydroxylation is 1. The van der Waals surface area contributed by atoms with Crippen LogP contribution in [0, 0.1) is 18.6 Å². The SMILES string of the molecule is Cc1cc(F)cc(-c2noc(-c3ccc(F)cc3O)n2)c1. The van der Waals surface area contributed by atoms with Gasteiger partial charge in [-0.3, -0.25) is 0 Å². The van der Waals surface area contributed by atoms with Gasteiger partial charge < -0.3 is 9.63 Å². The highest BCUT2D eigenvalue weighted by atomic mass is 19.1. The van der Waals surface area contributed by atoms with Crippen LogP contribution < -0.4 is 0 Å². The number of rotatable bonds is 2. The molecule has 0 aliphatic rings. The van der Waals surface area contributed by atoms with Gasteiger partial charge in [0.05, 0.1) is 5.56 Å². The van der Waals surface area contributed by atoms with Crippen molar-refractivity contribution in [3.63, 3.8) is 0 Å². The Morgan fingerprint density at radius 1 is 1.05 bits per heavy atom. The zero-order valence-corrected chi connectivity index (χ0v) is 11.0. The molecule has 0 spiro atoms. The molecule has 1 heterocycles. The molecule has 2 aromatic carbocycles. The van der Waals surface area contributed by atoms with E-state index in [1.54, 1.807) is 13.0 Å². The average Bonchev–Trinajstić information content (AvgIpc) is 2.87. The molecule has 0 saturated carbocycles. The lowest BCUT2D eigenvalue weighted by Gasteiger charge is -1.99. The van der Waals surface area contributed by atoms with Crippen molar-refractivity contribution in [2.24, 2.45) is 0 Å². The molecular formula is C15H10F2N2O2. The van der Waals surface area contributed by atoms with Crippen LogP contribution in [0.3, 0.4) is 0 Å². The Hall–Kier alpha value is -2.76. The van der Waals surface area contributed by atoms with Crippen LogP contribution in [-0.4, -0.2) is 15.2 Å². The molecule has 0 fully saturated rings. The number of benzene rings is 2. The van der Waals surface area contributed by atoms with Crippen molar-refractivity contribution in [3.8, 4) is 28.6 Å². The number of hydrogen-bond donors (Lipinski definition) is 1. The lowest BCUT2D eigenvalue weighted by Crippen LogP contribution is -1.86. The van der Waals surface area contributed by atoms with E-state index in [-0.39, 0.29) is 23.0 Å². The molecule has 0 unspecified atom stereocenters. The largest absolute Gasteiger partial charge is 0.507 e. The van der Waals surface area contributed by atoms with Gasteiger partial charge in [0.25, 0.3) is 5.89 Å². The molecule has 0 amide bonds. The molecule has 0 aliphatic heterocycles. The number of nitrogens with zero attached hydrogens (tertiary/aromatic N) is 2. The van der Waals surface area contributed by atoms with Gasteiger partial charge in [-0.15, -0.1) is 0 Å². The Morgan fingerprint density at radius 3 is 2.57 bits per heavy atom. The minimum absolute atomic E-state index is 0.0319. The maximum Gasteiger partial charge on any atom is 0.262 e. The maximum atomic E-state index is 13.4. The lowest BCUT2D eigenvalue weighted by molar-refractivity contribution is 0.425. The van der Waals surface area contributed by atoms with E-state index in [2.05, 4.69) is 10.1 Å². The van der Waals surface area contributed by atoms with Crippen LogP contribution in [0.4, 0.5) is 8.78 Å². The van der Waals surface area contributed by atoms with Gasteiger partial charge >= 0.3 is 0 Å². The Balaban J connectivity index is 2.03. The summed E-state index contributed by atoms with van der Waals surface area (Å²) in [5.41, 5.74) is 1.40. The maximum absolute atomic E-state index is 13.4. The van der Waals surface area contributed by atoms with E-state index in [1.165, 1.54) is 24.3 Å². The summed E-state index contributed by atoms with van der Waals surface area (Å²) in [5, 5.41) is 13.4. The van der Waals surface area contributed by atoms with Crippen LogP contribution >= 0.6 is 0 Å². The molecule has 0 bridgehead atoms. The monoisotopic (exact) mass is 288 g/mol. The van der Waals surface area contributed by atoms with E-state index < -0.39 is 11.6 Å². The first-order chi connectivity index (χ1) is 10.0. The number of phenols is 1. The molecule has 3 rings (SSSR count). The van der Waals surface area contributed by atoms with Crippen LogP contribution in [-0.2, 0) is 0 Å². The predicted molar refractivity (Wildman–Crippen MR) is 71.5 cm³/mol. The summed E-state index contributed by atoms with van der Waals surface area (Å²) >= 11 is 0. The third-order valence-corrected chi connectivity index (χ3v) is 2.92. The van der Waals surface area contributed by atoms with E-state index in [9.17, 15) is 13.9 Å². The normalized spacial score (nSPS) is 10.8. The minimum Gasteiger partial charge on any atom is -0.507 e. The molecule has 0 atom stereocenters. The molecule has 0 aliphatic carbocycles. The fourth-order valence-electron chi connectivity index (χ4n) is 2.00. The highest BCUT2D eigenvalue weighted by Crippen LogP contribution is 2.30. The third kappa shape index (κ3) is 2.60. The molecule has 1 N–H and O–H groups in total. The summed E-state index contributed by atoms with van der Waals surface area (Å²) in [4.78, 5) is 4.10. The molecule has 0 saturated heterocycles. The van der Waals surface area contributed by atoms with Crippen LogP contribution in [0.5, 0.6) is 5.75 Å². The van der Waals surface area contributed by atoms with Gasteiger partial charge in [0, 0.05) is 11.6 Å².